The van der Waals surface area contributed by atoms with E-state index < -0.39 is 23.8 Å². The second-order valence-electron chi connectivity index (χ2n) is 7.29. The highest BCUT2D eigenvalue weighted by Gasteiger charge is 2.28. The Labute approximate surface area is 170 Å². The van der Waals surface area contributed by atoms with Crippen LogP contribution in [0.15, 0.2) is 66.9 Å². The first-order valence-electron chi connectivity index (χ1n) is 9.39. The molecule has 0 aliphatic heterocycles. The van der Waals surface area contributed by atoms with Crippen molar-refractivity contribution >= 4 is 23.5 Å². The van der Waals surface area contributed by atoms with Gasteiger partial charge in [-0.3, -0.25) is 14.5 Å². The van der Waals surface area contributed by atoms with Gasteiger partial charge in [-0.1, -0.05) is 50.8 Å². The maximum absolute atomic E-state index is 13.2. The lowest BCUT2D eigenvalue weighted by atomic mass is 10.0. The Morgan fingerprint density at radius 3 is 2.28 bits per heavy atom. The Hall–Kier alpha value is -3.41. The molecule has 2 aromatic carbocycles. The van der Waals surface area contributed by atoms with Crippen LogP contribution in [0, 0.1) is 12.8 Å². The van der Waals surface area contributed by atoms with E-state index in [1.165, 1.54) is 4.90 Å². The lowest BCUT2D eigenvalue weighted by molar-refractivity contribution is -0.141. The molecule has 2 N–H and O–H groups in total. The highest BCUT2D eigenvalue weighted by Crippen LogP contribution is 2.23. The van der Waals surface area contributed by atoms with Gasteiger partial charge >= 0.3 is 5.97 Å². The van der Waals surface area contributed by atoms with Crippen molar-refractivity contribution in [2.24, 2.45) is 5.92 Å². The van der Waals surface area contributed by atoms with Gasteiger partial charge in [-0.05, 0) is 49.1 Å². The predicted octanol–water partition coefficient (Wildman–Crippen LogP) is 3.77. The minimum atomic E-state index is -1.13. The normalized spacial score (nSPS) is 11.6. The molecule has 0 aromatic heterocycles. The first-order valence-corrected chi connectivity index (χ1v) is 9.39. The van der Waals surface area contributed by atoms with Crippen LogP contribution in [0.4, 0.5) is 5.69 Å². The zero-order valence-electron chi connectivity index (χ0n) is 16.9. The predicted molar refractivity (Wildman–Crippen MR) is 113 cm³/mol. The molecule has 6 heteroatoms. The third kappa shape index (κ3) is 5.78. The number of hydrogen-bond donors (Lipinski definition) is 2. The molecule has 0 aliphatic rings. The first kappa shape index (κ1) is 21.9. The SMILES string of the molecule is C=C(C(=O)N[C@@H](CC(C)C)C(=O)O)N(C(=O)c1ccccc1)c1cccc(C)c1. The minimum absolute atomic E-state index is 0.0727. The van der Waals surface area contributed by atoms with Crippen LogP contribution in [0.3, 0.4) is 0 Å². The summed E-state index contributed by atoms with van der Waals surface area (Å²) in [5.41, 5.74) is 1.64. The number of amides is 2. The summed E-state index contributed by atoms with van der Waals surface area (Å²) >= 11 is 0. The molecular formula is C23H26N2O4. The number of carboxylic acid groups (broad SMARTS) is 1. The number of anilines is 1. The Balaban J connectivity index is 2.37. The second kappa shape index (κ2) is 9.68. The van der Waals surface area contributed by atoms with E-state index in [9.17, 15) is 19.5 Å². The topological polar surface area (TPSA) is 86.7 Å². The minimum Gasteiger partial charge on any atom is -0.480 e. The number of nitrogens with zero attached hydrogens (tertiary/aromatic N) is 1. The highest BCUT2D eigenvalue weighted by molar-refractivity contribution is 6.14. The Morgan fingerprint density at radius 2 is 1.72 bits per heavy atom. The van der Waals surface area contributed by atoms with Gasteiger partial charge in [0.2, 0.25) is 0 Å². The van der Waals surface area contributed by atoms with E-state index in [-0.39, 0.29) is 18.0 Å². The van der Waals surface area contributed by atoms with Crippen LogP contribution >= 0.6 is 0 Å². The summed E-state index contributed by atoms with van der Waals surface area (Å²) in [6.45, 7) is 9.41. The van der Waals surface area contributed by atoms with Crippen molar-refractivity contribution in [1.82, 2.24) is 5.32 Å². The Kier molecular flexibility index (Phi) is 7.31. The van der Waals surface area contributed by atoms with Crippen molar-refractivity contribution in [3.63, 3.8) is 0 Å². The number of carboxylic acids is 1. The number of hydrogen-bond acceptors (Lipinski definition) is 3. The lowest BCUT2D eigenvalue weighted by Crippen LogP contribution is -2.46. The van der Waals surface area contributed by atoms with Gasteiger partial charge in [0, 0.05) is 11.3 Å². The fourth-order valence-corrected chi connectivity index (χ4v) is 2.91. The molecule has 0 saturated heterocycles. The zero-order valence-corrected chi connectivity index (χ0v) is 16.9. The number of benzene rings is 2. The molecule has 0 saturated carbocycles. The van der Waals surface area contributed by atoms with Gasteiger partial charge in [0.15, 0.2) is 0 Å². The van der Waals surface area contributed by atoms with Gasteiger partial charge in [-0.25, -0.2) is 4.79 Å². The molecule has 29 heavy (non-hydrogen) atoms. The van der Waals surface area contributed by atoms with Gasteiger partial charge in [-0.2, -0.15) is 0 Å². The maximum Gasteiger partial charge on any atom is 0.326 e. The molecule has 0 unspecified atom stereocenters. The molecule has 0 heterocycles. The smallest absolute Gasteiger partial charge is 0.326 e. The van der Waals surface area contributed by atoms with Crippen molar-refractivity contribution in [1.29, 1.82) is 0 Å². The summed E-state index contributed by atoms with van der Waals surface area (Å²) in [4.78, 5) is 38.7. The van der Waals surface area contributed by atoms with E-state index in [4.69, 9.17) is 0 Å². The third-order valence-corrected chi connectivity index (χ3v) is 4.33. The summed E-state index contributed by atoms with van der Waals surface area (Å²) in [5.74, 6) is -2.18. The average molecular weight is 394 g/mol. The summed E-state index contributed by atoms with van der Waals surface area (Å²) < 4.78 is 0. The van der Waals surface area contributed by atoms with Gasteiger partial charge < -0.3 is 10.4 Å². The van der Waals surface area contributed by atoms with Gasteiger partial charge in [0.05, 0.1) is 0 Å². The van der Waals surface area contributed by atoms with E-state index in [0.717, 1.165) is 5.56 Å². The van der Waals surface area contributed by atoms with Crippen molar-refractivity contribution in [3.8, 4) is 0 Å². The average Bonchev–Trinajstić information content (AvgIpc) is 2.67. The van der Waals surface area contributed by atoms with Crippen LogP contribution in [0.2, 0.25) is 0 Å². The van der Waals surface area contributed by atoms with Crippen LogP contribution < -0.4 is 10.2 Å². The summed E-state index contributed by atoms with van der Waals surface area (Å²) in [6, 6.07) is 14.6. The summed E-state index contributed by atoms with van der Waals surface area (Å²) in [5, 5.41) is 11.9. The van der Waals surface area contributed by atoms with E-state index in [0.29, 0.717) is 11.3 Å². The number of carbonyl (C=O) groups excluding carboxylic acids is 2. The fraction of sp³-hybridized carbons (Fsp3) is 0.261. The Bertz CT molecular complexity index is 906. The first-order chi connectivity index (χ1) is 13.7. The van der Waals surface area contributed by atoms with Crippen molar-refractivity contribution in [2.45, 2.75) is 33.2 Å². The van der Waals surface area contributed by atoms with Crippen LogP contribution in [-0.4, -0.2) is 28.9 Å². The quantitative estimate of drug-likeness (QED) is 0.667. The van der Waals surface area contributed by atoms with Crippen LogP contribution in [-0.2, 0) is 9.59 Å². The van der Waals surface area contributed by atoms with E-state index in [1.54, 1.807) is 48.5 Å². The van der Waals surface area contributed by atoms with Gasteiger partial charge in [-0.15, -0.1) is 0 Å². The van der Waals surface area contributed by atoms with Crippen molar-refractivity contribution < 1.29 is 19.5 Å². The van der Waals surface area contributed by atoms with Gasteiger partial charge in [0.1, 0.15) is 11.7 Å². The molecule has 2 amide bonds. The third-order valence-electron chi connectivity index (χ3n) is 4.33. The largest absolute Gasteiger partial charge is 0.480 e. The fourth-order valence-electron chi connectivity index (χ4n) is 2.91. The zero-order chi connectivity index (χ0) is 21.6. The van der Waals surface area contributed by atoms with Crippen LogP contribution in [0.1, 0.15) is 36.2 Å². The number of aryl methyl sites for hydroxylation is 1. The lowest BCUT2D eigenvalue weighted by Gasteiger charge is -2.26. The molecule has 0 aliphatic carbocycles. The molecule has 0 spiro atoms. The van der Waals surface area contributed by atoms with Crippen LogP contribution in [0.25, 0.3) is 0 Å². The van der Waals surface area contributed by atoms with Crippen LogP contribution in [0.5, 0.6) is 0 Å². The van der Waals surface area contributed by atoms with Crippen molar-refractivity contribution in [2.75, 3.05) is 4.90 Å². The van der Waals surface area contributed by atoms with E-state index >= 15 is 0 Å². The molecule has 2 aromatic rings. The van der Waals surface area contributed by atoms with Gasteiger partial charge in [0.25, 0.3) is 11.8 Å². The molecule has 0 fully saturated rings. The maximum atomic E-state index is 13.2. The van der Waals surface area contributed by atoms with E-state index in [2.05, 4.69) is 11.9 Å². The highest BCUT2D eigenvalue weighted by atomic mass is 16.4. The standard InChI is InChI=1S/C23H26N2O4/c1-15(2)13-20(23(28)29)24-21(26)17(4)25(19-12-8-9-16(3)14-19)22(27)18-10-6-5-7-11-18/h5-12,14-15,20H,4,13H2,1-3H3,(H,24,26)(H,28,29)/t20-/m0/s1. The molecule has 6 nitrogen and oxygen atoms in total. The summed E-state index contributed by atoms with van der Waals surface area (Å²) in [7, 11) is 0. The summed E-state index contributed by atoms with van der Waals surface area (Å²) in [6.07, 6.45) is 0.269. The number of rotatable bonds is 8. The number of nitrogens with one attached hydrogen (secondary N) is 1. The monoisotopic (exact) mass is 394 g/mol. The molecule has 0 radical (unpaired) electrons. The number of aliphatic carboxylic acids is 1. The second-order valence-corrected chi connectivity index (χ2v) is 7.29. The Morgan fingerprint density at radius 1 is 1.07 bits per heavy atom. The van der Waals surface area contributed by atoms with E-state index in [1.807, 2.05) is 26.8 Å². The molecule has 1 atom stereocenters. The molecule has 152 valence electrons. The molecule has 2 rings (SSSR count). The van der Waals surface area contributed by atoms with Crippen molar-refractivity contribution in [3.05, 3.63) is 78.0 Å². The number of carbonyl (C=O) groups is 3. The molecule has 0 bridgehead atoms. The molecular weight excluding hydrogens is 368 g/mol.